The lowest BCUT2D eigenvalue weighted by Gasteiger charge is -2.25. The maximum absolute atomic E-state index is 10.8. The van der Waals surface area contributed by atoms with E-state index in [2.05, 4.69) is 11.4 Å². The molecule has 3 heteroatoms. The lowest BCUT2D eigenvalue weighted by atomic mass is 10.0. The molecule has 15 heavy (non-hydrogen) atoms. The van der Waals surface area contributed by atoms with E-state index in [1.54, 1.807) is 0 Å². The van der Waals surface area contributed by atoms with Crippen molar-refractivity contribution in [1.82, 2.24) is 5.32 Å². The Kier molecular flexibility index (Phi) is 2.90. The van der Waals surface area contributed by atoms with Crippen LogP contribution in [0.25, 0.3) is 0 Å². The van der Waals surface area contributed by atoms with Gasteiger partial charge in [0, 0.05) is 6.92 Å². The molecule has 1 heterocycles. The van der Waals surface area contributed by atoms with E-state index in [-0.39, 0.29) is 12.0 Å². The summed E-state index contributed by atoms with van der Waals surface area (Å²) in [5.74, 6) is 0.955. The van der Waals surface area contributed by atoms with Gasteiger partial charge in [0.15, 0.2) is 0 Å². The second-order valence-electron chi connectivity index (χ2n) is 3.82. The molecule has 0 saturated heterocycles. The highest BCUT2D eigenvalue weighted by atomic mass is 16.5. The summed E-state index contributed by atoms with van der Waals surface area (Å²) in [5, 5.41) is 2.78. The molecular formula is C12H15NO2. The van der Waals surface area contributed by atoms with Crippen LogP contribution in [0.4, 0.5) is 0 Å². The average molecular weight is 205 g/mol. The van der Waals surface area contributed by atoms with E-state index in [1.807, 2.05) is 18.2 Å². The van der Waals surface area contributed by atoms with Crippen molar-refractivity contribution in [2.45, 2.75) is 25.9 Å². The summed E-state index contributed by atoms with van der Waals surface area (Å²) in [7, 11) is 0. The Hall–Kier alpha value is -1.51. The molecular weight excluding hydrogens is 190 g/mol. The van der Waals surface area contributed by atoms with Gasteiger partial charge < -0.3 is 10.1 Å². The zero-order chi connectivity index (χ0) is 10.7. The Balaban J connectivity index is 1.96. The number of hydrogen-bond donors (Lipinski definition) is 1. The average Bonchev–Trinajstić information content (AvgIpc) is 2.26. The molecule has 1 N–H and O–H groups in total. The standard InChI is InChI=1S/C12H15NO2/c1-9(14)13-8-11-7-6-10-4-2-3-5-12(10)15-11/h2-5,11H,6-8H2,1H3,(H,13,14)/t11-/m0/s1. The molecule has 1 atom stereocenters. The molecule has 0 aliphatic carbocycles. The summed E-state index contributed by atoms with van der Waals surface area (Å²) in [6.45, 7) is 2.13. The smallest absolute Gasteiger partial charge is 0.217 e. The van der Waals surface area contributed by atoms with Gasteiger partial charge in [0.2, 0.25) is 5.91 Å². The largest absolute Gasteiger partial charge is 0.488 e. The van der Waals surface area contributed by atoms with Crippen molar-refractivity contribution in [2.24, 2.45) is 0 Å². The number of ether oxygens (including phenoxy) is 1. The first kappa shape index (κ1) is 10.0. The predicted molar refractivity (Wildman–Crippen MR) is 57.9 cm³/mol. The van der Waals surface area contributed by atoms with E-state index in [4.69, 9.17) is 4.74 Å². The molecule has 1 aromatic carbocycles. The van der Waals surface area contributed by atoms with Crippen LogP contribution in [-0.2, 0) is 11.2 Å². The van der Waals surface area contributed by atoms with Crippen molar-refractivity contribution in [3.05, 3.63) is 29.8 Å². The van der Waals surface area contributed by atoms with Gasteiger partial charge in [-0.3, -0.25) is 4.79 Å². The summed E-state index contributed by atoms with van der Waals surface area (Å²) in [6, 6.07) is 8.06. The Bertz CT molecular complexity index is 362. The molecule has 1 aliphatic rings. The maximum Gasteiger partial charge on any atom is 0.217 e. The van der Waals surface area contributed by atoms with E-state index in [1.165, 1.54) is 12.5 Å². The molecule has 80 valence electrons. The monoisotopic (exact) mass is 205 g/mol. The van der Waals surface area contributed by atoms with Crippen molar-refractivity contribution < 1.29 is 9.53 Å². The van der Waals surface area contributed by atoms with E-state index in [0.717, 1.165) is 18.6 Å². The lowest BCUT2D eigenvalue weighted by molar-refractivity contribution is -0.119. The molecule has 0 saturated carbocycles. The van der Waals surface area contributed by atoms with Crippen LogP contribution >= 0.6 is 0 Å². The molecule has 0 unspecified atom stereocenters. The Morgan fingerprint density at radius 1 is 1.53 bits per heavy atom. The Labute approximate surface area is 89.4 Å². The van der Waals surface area contributed by atoms with E-state index in [0.29, 0.717) is 6.54 Å². The van der Waals surface area contributed by atoms with Gasteiger partial charge in [-0.15, -0.1) is 0 Å². The highest BCUT2D eigenvalue weighted by Gasteiger charge is 2.18. The summed E-state index contributed by atoms with van der Waals surface area (Å²) >= 11 is 0. The molecule has 1 aromatic rings. The first-order valence-corrected chi connectivity index (χ1v) is 5.24. The zero-order valence-electron chi connectivity index (χ0n) is 8.82. The first-order chi connectivity index (χ1) is 7.25. The van der Waals surface area contributed by atoms with Gasteiger partial charge >= 0.3 is 0 Å². The Morgan fingerprint density at radius 3 is 3.13 bits per heavy atom. The predicted octanol–water partition coefficient (Wildman–Crippen LogP) is 1.52. The van der Waals surface area contributed by atoms with Crippen molar-refractivity contribution in [2.75, 3.05) is 6.54 Å². The number of nitrogens with one attached hydrogen (secondary N) is 1. The molecule has 0 bridgehead atoms. The van der Waals surface area contributed by atoms with Crippen molar-refractivity contribution in [1.29, 1.82) is 0 Å². The van der Waals surface area contributed by atoms with Crippen LogP contribution in [0.5, 0.6) is 5.75 Å². The van der Waals surface area contributed by atoms with Crippen LogP contribution in [0.2, 0.25) is 0 Å². The second-order valence-corrected chi connectivity index (χ2v) is 3.82. The van der Waals surface area contributed by atoms with E-state index < -0.39 is 0 Å². The van der Waals surface area contributed by atoms with E-state index in [9.17, 15) is 4.79 Å². The number of carbonyl (C=O) groups is 1. The van der Waals surface area contributed by atoms with Crippen molar-refractivity contribution in [3.8, 4) is 5.75 Å². The van der Waals surface area contributed by atoms with Gasteiger partial charge in [-0.1, -0.05) is 18.2 Å². The topological polar surface area (TPSA) is 38.3 Å². The number of aryl methyl sites for hydroxylation is 1. The third kappa shape index (κ3) is 2.49. The SMILES string of the molecule is CC(=O)NC[C@@H]1CCc2ccccc2O1. The van der Waals surface area contributed by atoms with Gasteiger partial charge in [-0.2, -0.15) is 0 Å². The minimum Gasteiger partial charge on any atom is -0.488 e. The molecule has 1 amide bonds. The molecule has 0 spiro atoms. The quantitative estimate of drug-likeness (QED) is 0.795. The molecule has 0 fully saturated rings. The number of fused-ring (bicyclic) bond motifs is 1. The molecule has 3 nitrogen and oxygen atoms in total. The van der Waals surface area contributed by atoms with Crippen molar-refractivity contribution in [3.63, 3.8) is 0 Å². The van der Waals surface area contributed by atoms with Crippen LogP contribution in [0.3, 0.4) is 0 Å². The summed E-state index contributed by atoms with van der Waals surface area (Å²) in [6.07, 6.45) is 2.11. The minimum absolute atomic E-state index is 0.00235. The highest BCUT2D eigenvalue weighted by Crippen LogP contribution is 2.26. The maximum atomic E-state index is 10.8. The van der Waals surface area contributed by atoms with Crippen LogP contribution in [0.1, 0.15) is 18.9 Å². The highest BCUT2D eigenvalue weighted by molar-refractivity contribution is 5.72. The van der Waals surface area contributed by atoms with Crippen LogP contribution in [0, 0.1) is 0 Å². The van der Waals surface area contributed by atoms with Gasteiger partial charge in [0.1, 0.15) is 11.9 Å². The molecule has 1 aliphatic heterocycles. The van der Waals surface area contributed by atoms with E-state index >= 15 is 0 Å². The van der Waals surface area contributed by atoms with Crippen LogP contribution in [0.15, 0.2) is 24.3 Å². The second kappa shape index (κ2) is 4.34. The number of amides is 1. The number of benzene rings is 1. The lowest BCUT2D eigenvalue weighted by Crippen LogP contribution is -2.36. The normalized spacial score (nSPS) is 18.9. The third-order valence-corrected chi connectivity index (χ3v) is 2.58. The molecule has 0 radical (unpaired) electrons. The number of rotatable bonds is 2. The van der Waals surface area contributed by atoms with Crippen molar-refractivity contribution >= 4 is 5.91 Å². The number of carbonyl (C=O) groups excluding carboxylic acids is 1. The summed E-state index contributed by atoms with van der Waals surface area (Å²) in [4.78, 5) is 10.8. The fraction of sp³-hybridized carbons (Fsp3) is 0.417. The minimum atomic E-state index is -0.00235. The number of para-hydroxylation sites is 1. The zero-order valence-corrected chi connectivity index (χ0v) is 8.82. The third-order valence-electron chi connectivity index (χ3n) is 2.58. The van der Waals surface area contributed by atoms with Gasteiger partial charge in [-0.25, -0.2) is 0 Å². The fourth-order valence-electron chi connectivity index (χ4n) is 1.78. The Morgan fingerprint density at radius 2 is 2.33 bits per heavy atom. The fourth-order valence-corrected chi connectivity index (χ4v) is 1.78. The van der Waals surface area contributed by atoms with Crippen LogP contribution in [-0.4, -0.2) is 18.6 Å². The summed E-state index contributed by atoms with van der Waals surface area (Å²) in [5.41, 5.74) is 1.26. The summed E-state index contributed by atoms with van der Waals surface area (Å²) < 4.78 is 5.77. The molecule has 0 aromatic heterocycles. The molecule has 2 rings (SSSR count). The van der Waals surface area contributed by atoms with Gasteiger partial charge in [-0.05, 0) is 24.5 Å². The van der Waals surface area contributed by atoms with Gasteiger partial charge in [0.25, 0.3) is 0 Å². The van der Waals surface area contributed by atoms with Gasteiger partial charge in [0.05, 0.1) is 6.54 Å². The van der Waals surface area contributed by atoms with Crippen LogP contribution < -0.4 is 10.1 Å². The number of hydrogen-bond acceptors (Lipinski definition) is 2. The first-order valence-electron chi connectivity index (χ1n) is 5.24.